The maximum absolute atomic E-state index is 13.0. The third-order valence-corrected chi connectivity index (χ3v) is 1.72. The highest BCUT2D eigenvalue weighted by Gasteiger charge is 2.01. The summed E-state index contributed by atoms with van der Waals surface area (Å²) in [4.78, 5) is 7.30. The Labute approximate surface area is 88.9 Å². The fourth-order valence-electron chi connectivity index (χ4n) is 1.04. The first-order chi connectivity index (χ1) is 7.20. The van der Waals surface area contributed by atoms with Crippen LogP contribution in [0.4, 0.5) is 10.2 Å². The molecule has 1 rings (SSSR count). The number of aromatic nitrogens is 2. The van der Waals surface area contributed by atoms with Crippen LogP contribution in [-0.2, 0) is 4.74 Å². The van der Waals surface area contributed by atoms with E-state index in [0.717, 1.165) is 6.42 Å². The second-order valence-electron chi connectivity index (χ2n) is 3.40. The third-order valence-electron chi connectivity index (χ3n) is 1.72. The predicted molar refractivity (Wildman–Crippen MR) is 56.2 cm³/mol. The van der Waals surface area contributed by atoms with Crippen LogP contribution in [0.25, 0.3) is 0 Å². The molecular weight excluding hydrogens is 197 g/mol. The minimum Gasteiger partial charge on any atom is -0.379 e. The molecule has 0 spiro atoms. The molecule has 0 atom stereocenters. The molecule has 0 unspecified atom stereocenters. The van der Waals surface area contributed by atoms with Gasteiger partial charge in [0.15, 0.2) is 5.82 Å². The number of nitrogens with zero attached hydrogens (tertiary/aromatic N) is 2. The topological polar surface area (TPSA) is 47.0 Å². The van der Waals surface area contributed by atoms with E-state index in [0.29, 0.717) is 13.2 Å². The smallest absolute Gasteiger partial charge is 0.255 e. The Morgan fingerprint density at radius 1 is 1.40 bits per heavy atom. The van der Waals surface area contributed by atoms with Gasteiger partial charge >= 0.3 is 0 Å². The zero-order chi connectivity index (χ0) is 11.1. The summed E-state index contributed by atoms with van der Waals surface area (Å²) in [5.41, 5.74) is 0. The molecule has 0 fully saturated rings. The summed E-state index contributed by atoms with van der Waals surface area (Å²) >= 11 is 0. The van der Waals surface area contributed by atoms with Crippen LogP contribution < -0.4 is 5.32 Å². The van der Waals surface area contributed by atoms with E-state index in [-0.39, 0.29) is 11.9 Å². The van der Waals surface area contributed by atoms with Crippen LogP contribution in [0.2, 0.25) is 0 Å². The normalized spacial score (nSPS) is 10.7. The fraction of sp³-hybridized carbons (Fsp3) is 0.600. The molecule has 15 heavy (non-hydrogen) atoms. The minimum absolute atomic E-state index is 0.196. The molecule has 5 heteroatoms. The van der Waals surface area contributed by atoms with E-state index < -0.39 is 5.95 Å². The first-order valence-corrected chi connectivity index (χ1v) is 5.02. The van der Waals surface area contributed by atoms with Crippen LogP contribution in [0.3, 0.4) is 0 Å². The highest BCUT2D eigenvalue weighted by Crippen LogP contribution is 2.04. The van der Waals surface area contributed by atoms with Crippen molar-refractivity contribution in [3.05, 3.63) is 18.3 Å². The van der Waals surface area contributed by atoms with Crippen LogP contribution in [0.5, 0.6) is 0 Å². The fourth-order valence-corrected chi connectivity index (χ4v) is 1.04. The van der Waals surface area contributed by atoms with Crippen LogP contribution in [0.1, 0.15) is 20.3 Å². The van der Waals surface area contributed by atoms with E-state index in [9.17, 15) is 4.39 Å². The molecule has 0 aliphatic heterocycles. The van der Waals surface area contributed by atoms with Gasteiger partial charge < -0.3 is 10.1 Å². The lowest BCUT2D eigenvalue weighted by molar-refractivity contribution is 0.0787. The third kappa shape index (κ3) is 4.69. The van der Waals surface area contributed by atoms with Gasteiger partial charge in [-0.3, -0.25) is 0 Å². The molecule has 0 radical (unpaired) electrons. The van der Waals surface area contributed by atoms with E-state index in [1.807, 2.05) is 13.8 Å². The second kappa shape index (κ2) is 6.29. The van der Waals surface area contributed by atoms with E-state index in [1.165, 1.54) is 12.4 Å². The Morgan fingerprint density at radius 3 is 2.80 bits per heavy atom. The van der Waals surface area contributed by atoms with Crippen molar-refractivity contribution in [3.8, 4) is 0 Å². The van der Waals surface area contributed by atoms with Gasteiger partial charge in [-0.25, -0.2) is 9.97 Å². The van der Waals surface area contributed by atoms with Crippen molar-refractivity contribution in [3.63, 3.8) is 0 Å². The number of hydrogen-bond acceptors (Lipinski definition) is 4. The summed E-state index contributed by atoms with van der Waals surface area (Å²) in [5.74, 6) is -0.371. The SMILES string of the molecule is CC(C)OCCCNc1nccnc1F. The average molecular weight is 213 g/mol. The van der Waals surface area contributed by atoms with Crippen LogP contribution in [0, 0.1) is 5.95 Å². The predicted octanol–water partition coefficient (Wildman–Crippen LogP) is 1.84. The van der Waals surface area contributed by atoms with Gasteiger partial charge in [0, 0.05) is 25.5 Å². The molecule has 0 aliphatic rings. The van der Waals surface area contributed by atoms with Crippen molar-refractivity contribution >= 4 is 5.82 Å². The number of anilines is 1. The number of ether oxygens (including phenoxy) is 1. The number of nitrogens with one attached hydrogen (secondary N) is 1. The lowest BCUT2D eigenvalue weighted by Gasteiger charge is -2.08. The lowest BCUT2D eigenvalue weighted by atomic mass is 10.4. The van der Waals surface area contributed by atoms with Gasteiger partial charge in [-0.1, -0.05) is 0 Å². The van der Waals surface area contributed by atoms with Gasteiger partial charge in [0.1, 0.15) is 0 Å². The lowest BCUT2D eigenvalue weighted by Crippen LogP contribution is -2.11. The molecule has 1 N–H and O–H groups in total. The highest BCUT2D eigenvalue weighted by molar-refractivity contribution is 5.31. The summed E-state index contributed by atoms with van der Waals surface area (Å²) in [7, 11) is 0. The Morgan fingerprint density at radius 2 is 2.13 bits per heavy atom. The first-order valence-electron chi connectivity index (χ1n) is 5.02. The van der Waals surface area contributed by atoms with Gasteiger partial charge in [0.05, 0.1) is 6.10 Å². The van der Waals surface area contributed by atoms with Crippen molar-refractivity contribution in [2.75, 3.05) is 18.5 Å². The van der Waals surface area contributed by atoms with Gasteiger partial charge in [-0.15, -0.1) is 0 Å². The summed E-state index contributed by atoms with van der Waals surface area (Å²) in [5, 5.41) is 2.86. The minimum atomic E-state index is -0.567. The Kier molecular flexibility index (Phi) is 4.97. The zero-order valence-corrected chi connectivity index (χ0v) is 9.03. The molecule has 0 saturated carbocycles. The number of rotatable bonds is 6. The zero-order valence-electron chi connectivity index (χ0n) is 9.03. The van der Waals surface area contributed by atoms with Crippen LogP contribution >= 0.6 is 0 Å². The van der Waals surface area contributed by atoms with E-state index >= 15 is 0 Å². The molecule has 0 saturated heterocycles. The van der Waals surface area contributed by atoms with Crippen molar-refractivity contribution in [1.82, 2.24) is 9.97 Å². The van der Waals surface area contributed by atoms with E-state index in [4.69, 9.17) is 4.74 Å². The van der Waals surface area contributed by atoms with Gasteiger partial charge in [0.2, 0.25) is 0 Å². The summed E-state index contributed by atoms with van der Waals surface area (Å²) in [6, 6.07) is 0. The summed E-state index contributed by atoms with van der Waals surface area (Å²) in [6.45, 7) is 5.25. The first kappa shape index (κ1) is 11.8. The molecule has 0 bridgehead atoms. The molecule has 1 aromatic rings. The molecule has 0 aromatic carbocycles. The standard InChI is InChI=1S/C10H16FN3O/c1-8(2)15-7-3-4-13-10-9(11)12-5-6-14-10/h5-6,8H,3-4,7H2,1-2H3,(H,13,14). The Bertz CT molecular complexity index is 294. The maximum Gasteiger partial charge on any atom is 0.255 e. The molecular formula is C10H16FN3O. The largest absolute Gasteiger partial charge is 0.379 e. The highest BCUT2D eigenvalue weighted by atomic mass is 19.1. The van der Waals surface area contributed by atoms with Crippen molar-refractivity contribution in [1.29, 1.82) is 0 Å². The van der Waals surface area contributed by atoms with Gasteiger partial charge in [-0.2, -0.15) is 4.39 Å². The van der Waals surface area contributed by atoms with E-state index in [1.54, 1.807) is 0 Å². The second-order valence-corrected chi connectivity index (χ2v) is 3.40. The maximum atomic E-state index is 13.0. The quantitative estimate of drug-likeness (QED) is 0.732. The Balaban J connectivity index is 2.18. The number of hydrogen-bond donors (Lipinski definition) is 1. The van der Waals surface area contributed by atoms with Crippen molar-refractivity contribution in [2.45, 2.75) is 26.4 Å². The van der Waals surface area contributed by atoms with Crippen molar-refractivity contribution < 1.29 is 9.13 Å². The molecule has 1 aromatic heterocycles. The van der Waals surface area contributed by atoms with Crippen LogP contribution in [0.15, 0.2) is 12.4 Å². The Hall–Kier alpha value is -1.23. The monoisotopic (exact) mass is 213 g/mol. The molecule has 0 amide bonds. The molecule has 0 aliphatic carbocycles. The van der Waals surface area contributed by atoms with Crippen molar-refractivity contribution in [2.24, 2.45) is 0 Å². The molecule has 84 valence electrons. The average Bonchev–Trinajstić information content (AvgIpc) is 2.20. The van der Waals surface area contributed by atoms with Gasteiger partial charge in [-0.05, 0) is 20.3 Å². The van der Waals surface area contributed by atoms with Crippen LogP contribution in [-0.4, -0.2) is 29.2 Å². The summed E-state index contributed by atoms with van der Waals surface area (Å²) < 4.78 is 18.3. The molecule has 1 heterocycles. The number of halogens is 1. The summed E-state index contributed by atoms with van der Waals surface area (Å²) in [6.07, 6.45) is 3.82. The molecule has 4 nitrogen and oxygen atoms in total. The van der Waals surface area contributed by atoms with Gasteiger partial charge in [0.25, 0.3) is 5.95 Å². The van der Waals surface area contributed by atoms with E-state index in [2.05, 4.69) is 15.3 Å².